The van der Waals surface area contributed by atoms with Crippen molar-refractivity contribution in [2.75, 3.05) is 13.2 Å². The molecule has 4 nitrogen and oxygen atoms in total. The molecule has 0 aliphatic heterocycles. The number of benzene rings is 2. The lowest BCUT2D eigenvalue weighted by molar-refractivity contribution is 0.0944. The van der Waals surface area contributed by atoms with E-state index in [-0.39, 0.29) is 17.2 Å². The van der Waals surface area contributed by atoms with Crippen LogP contribution in [0.5, 0.6) is 11.5 Å². The van der Waals surface area contributed by atoms with Crippen LogP contribution in [0.15, 0.2) is 48.5 Å². The van der Waals surface area contributed by atoms with Gasteiger partial charge in [0.15, 0.2) is 0 Å². The topological polar surface area (TPSA) is 58.6 Å². The van der Waals surface area contributed by atoms with E-state index in [4.69, 9.17) is 4.74 Å². The molecular weight excluding hydrogens is 254 g/mol. The number of aryl methyl sites for hydroxylation is 1. The van der Waals surface area contributed by atoms with Crippen molar-refractivity contribution in [1.29, 1.82) is 0 Å². The van der Waals surface area contributed by atoms with Crippen molar-refractivity contribution in [3.8, 4) is 11.5 Å². The molecule has 0 aliphatic carbocycles. The zero-order chi connectivity index (χ0) is 14.4. The minimum atomic E-state index is -0.309. The van der Waals surface area contributed by atoms with Crippen LogP contribution in [0.1, 0.15) is 15.9 Å². The number of carbonyl (C=O) groups is 1. The molecule has 4 heteroatoms. The van der Waals surface area contributed by atoms with E-state index >= 15 is 0 Å². The predicted octanol–water partition coefficient (Wildman–Crippen LogP) is 2.51. The number of phenolic OH excluding ortho intramolecular Hbond substituents is 1. The summed E-state index contributed by atoms with van der Waals surface area (Å²) in [6, 6.07) is 14.2. The summed E-state index contributed by atoms with van der Waals surface area (Å²) >= 11 is 0. The molecule has 1 amide bonds. The zero-order valence-electron chi connectivity index (χ0n) is 11.3. The maximum Gasteiger partial charge on any atom is 0.255 e. The summed E-state index contributed by atoms with van der Waals surface area (Å²) in [5.74, 6) is 0.477. The third kappa shape index (κ3) is 3.51. The fourth-order valence-electron chi connectivity index (χ4n) is 1.80. The van der Waals surface area contributed by atoms with Gasteiger partial charge in [0.25, 0.3) is 5.91 Å². The third-order valence-electron chi connectivity index (χ3n) is 2.89. The first kappa shape index (κ1) is 13.9. The quantitative estimate of drug-likeness (QED) is 0.821. The Labute approximate surface area is 118 Å². The number of para-hydroxylation sites is 2. The van der Waals surface area contributed by atoms with Crippen LogP contribution in [0, 0.1) is 6.92 Å². The third-order valence-corrected chi connectivity index (χ3v) is 2.89. The lowest BCUT2D eigenvalue weighted by Crippen LogP contribution is -2.28. The summed E-state index contributed by atoms with van der Waals surface area (Å²) < 4.78 is 5.58. The first-order valence-electron chi connectivity index (χ1n) is 6.43. The van der Waals surface area contributed by atoms with E-state index in [9.17, 15) is 9.90 Å². The molecule has 0 aliphatic rings. The average Bonchev–Trinajstić information content (AvgIpc) is 2.45. The van der Waals surface area contributed by atoms with Crippen LogP contribution in [0.25, 0.3) is 0 Å². The second kappa shape index (κ2) is 6.61. The van der Waals surface area contributed by atoms with Crippen molar-refractivity contribution < 1.29 is 14.6 Å². The number of amides is 1. The van der Waals surface area contributed by atoms with E-state index in [0.717, 1.165) is 11.3 Å². The monoisotopic (exact) mass is 271 g/mol. The maximum atomic E-state index is 11.8. The standard InChI is InChI=1S/C16H17NO3/c1-12-6-2-5-9-15(12)20-11-10-17-16(19)13-7-3-4-8-14(13)18/h2-9,18H,10-11H2,1H3,(H,17,19). The van der Waals surface area contributed by atoms with Gasteiger partial charge in [-0.1, -0.05) is 30.3 Å². The number of hydrogen-bond donors (Lipinski definition) is 2. The molecular formula is C16H17NO3. The van der Waals surface area contributed by atoms with Gasteiger partial charge >= 0.3 is 0 Å². The Morgan fingerprint density at radius 1 is 1.15 bits per heavy atom. The van der Waals surface area contributed by atoms with Crippen LogP contribution in [-0.2, 0) is 0 Å². The second-order valence-electron chi connectivity index (χ2n) is 4.39. The highest BCUT2D eigenvalue weighted by atomic mass is 16.5. The van der Waals surface area contributed by atoms with Crippen molar-refractivity contribution >= 4 is 5.91 Å². The summed E-state index contributed by atoms with van der Waals surface area (Å²) in [4.78, 5) is 11.8. The number of aromatic hydroxyl groups is 1. The van der Waals surface area contributed by atoms with Crippen LogP contribution >= 0.6 is 0 Å². The number of nitrogens with one attached hydrogen (secondary N) is 1. The highest BCUT2D eigenvalue weighted by Crippen LogP contribution is 2.16. The van der Waals surface area contributed by atoms with Gasteiger partial charge in [-0.3, -0.25) is 4.79 Å². The largest absolute Gasteiger partial charge is 0.507 e. The molecule has 2 aromatic carbocycles. The summed E-state index contributed by atoms with van der Waals surface area (Å²) in [7, 11) is 0. The van der Waals surface area contributed by atoms with Crippen LogP contribution in [0.3, 0.4) is 0 Å². The Hall–Kier alpha value is -2.49. The SMILES string of the molecule is Cc1ccccc1OCCNC(=O)c1ccccc1O. The predicted molar refractivity (Wildman–Crippen MR) is 77.1 cm³/mol. The van der Waals surface area contributed by atoms with Gasteiger partial charge in [0.05, 0.1) is 12.1 Å². The molecule has 0 unspecified atom stereocenters. The molecule has 0 aromatic heterocycles. The average molecular weight is 271 g/mol. The molecule has 0 bridgehead atoms. The van der Waals surface area contributed by atoms with Crippen molar-refractivity contribution in [1.82, 2.24) is 5.32 Å². The molecule has 104 valence electrons. The highest BCUT2D eigenvalue weighted by Gasteiger charge is 2.09. The van der Waals surface area contributed by atoms with Gasteiger partial charge in [0.1, 0.15) is 18.1 Å². The summed E-state index contributed by atoms with van der Waals surface area (Å²) in [6.45, 7) is 2.72. The molecule has 0 radical (unpaired) electrons. The van der Waals surface area contributed by atoms with Gasteiger partial charge in [0.2, 0.25) is 0 Å². The van der Waals surface area contributed by atoms with Crippen molar-refractivity contribution in [2.45, 2.75) is 6.92 Å². The maximum absolute atomic E-state index is 11.8. The van der Waals surface area contributed by atoms with Crippen LogP contribution in [-0.4, -0.2) is 24.2 Å². The van der Waals surface area contributed by atoms with Gasteiger partial charge < -0.3 is 15.2 Å². The van der Waals surface area contributed by atoms with E-state index in [0.29, 0.717) is 13.2 Å². The first-order valence-corrected chi connectivity index (χ1v) is 6.43. The van der Waals surface area contributed by atoms with E-state index in [2.05, 4.69) is 5.32 Å². The molecule has 2 N–H and O–H groups in total. The number of phenols is 1. The molecule has 0 saturated heterocycles. The lowest BCUT2D eigenvalue weighted by Gasteiger charge is -2.10. The Balaban J connectivity index is 1.81. The van der Waals surface area contributed by atoms with Gasteiger partial charge in [-0.15, -0.1) is 0 Å². The summed E-state index contributed by atoms with van der Waals surface area (Å²) in [5.41, 5.74) is 1.32. The van der Waals surface area contributed by atoms with Crippen molar-refractivity contribution in [3.63, 3.8) is 0 Å². The molecule has 0 spiro atoms. The fraction of sp³-hybridized carbons (Fsp3) is 0.188. The molecule has 20 heavy (non-hydrogen) atoms. The Kier molecular flexibility index (Phi) is 4.60. The Morgan fingerprint density at radius 2 is 1.85 bits per heavy atom. The minimum absolute atomic E-state index is 0.0233. The molecule has 0 fully saturated rings. The van der Waals surface area contributed by atoms with Gasteiger partial charge in [-0.05, 0) is 30.7 Å². The molecule has 0 saturated carbocycles. The molecule has 0 atom stereocenters. The van der Waals surface area contributed by atoms with Crippen LogP contribution in [0.2, 0.25) is 0 Å². The number of ether oxygens (including phenoxy) is 1. The van der Waals surface area contributed by atoms with E-state index in [1.807, 2.05) is 31.2 Å². The Bertz CT molecular complexity index is 596. The van der Waals surface area contributed by atoms with E-state index in [1.54, 1.807) is 18.2 Å². The Morgan fingerprint density at radius 3 is 2.60 bits per heavy atom. The number of hydrogen-bond acceptors (Lipinski definition) is 3. The van der Waals surface area contributed by atoms with E-state index < -0.39 is 0 Å². The van der Waals surface area contributed by atoms with Crippen molar-refractivity contribution in [3.05, 3.63) is 59.7 Å². The number of rotatable bonds is 5. The molecule has 0 heterocycles. The van der Waals surface area contributed by atoms with Crippen LogP contribution < -0.4 is 10.1 Å². The van der Waals surface area contributed by atoms with Crippen molar-refractivity contribution in [2.24, 2.45) is 0 Å². The van der Waals surface area contributed by atoms with E-state index in [1.165, 1.54) is 6.07 Å². The van der Waals surface area contributed by atoms with Gasteiger partial charge in [-0.25, -0.2) is 0 Å². The summed E-state index contributed by atoms with van der Waals surface area (Å²) in [6.07, 6.45) is 0. The summed E-state index contributed by atoms with van der Waals surface area (Å²) in [5, 5.41) is 12.3. The smallest absolute Gasteiger partial charge is 0.255 e. The zero-order valence-corrected chi connectivity index (χ0v) is 11.3. The normalized spacial score (nSPS) is 10.1. The first-order chi connectivity index (χ1) is 9.68. The molecule has 2 rings (SSSR count). The lowest BCUT2D eigenvalue weighted by atomic mass is 10.2. The highest BCUT2D eigenvalue weighted by molar-refractivity contribution is 5.96. The van der Waals surface area contributed by atoms with Gasteiger partial charge in [0, 0.05) is 0 Å². The number of carbonyl (C=O) groups excluding carboxylic acids is 1. The molecule has 2 aromatic rings. The van der Waals surface area contributed by atoms with Crippen LogP contribution in [0.4, 0.5) is 0 Å². The fourth-order valence-corrected chi connectivity index (χ4v) is 1.80. The minimum Gasteiger partial charge on any atom is -0.507 e. The van der Waals surface area contributed by atoms with Gasteiger partial charge in [-0.2, -0.15) is 0 Å². The second-order valence-corrected chi connectivity index (χ2v) is 4.39.